The molecule has 0 aliphatic heterocycles. The van der Waals surface area contributed by atoms with Crippen molar-refractivity contribution in [1.82, 2.24) is 10.6 Å². The summed E-state index contributed by atoms with van der Waals surface area (Å²) in [5, 5.41) is 6.16. The van der Waals surface area contributed by atoms with Gasteiger partial charge in [0.2, 0.25) is 5.91 Å². The second kappa shape index (κ2) is 4.30. The molecule has 2 aliphatic carbocycles. The minimum Gasteiger partial charge on any atom is -0.355 e. The molecule has 80 valence electrons. The van der Waals surface area contributed by atoms with Gasteiger partial charge in [-0.1, -0.05) is 6.92 Å². The van der Waals surface area contributed by atoms with E-state index < -0.39 is 0 Å². The Morgan fingerprint density at radius 2 is 2.07 bits per heavy atom. The minimum atomic E-state index is 0.158. The van der Waals surface area contributed by atoms with E-state index in [9.17, 15) is 4.79 Å². The van der Waals surface area contributed by atoms with Crippen molar-refractivity contribution in [2.75, 3.05) is 19.6 Å². The van der Waals surface area contributed by atoms with Crippen LogP contribution in [0.1, 0.15) is 26.2 Å². The summed E-state index contributed by atoms with van der Waals surface area (Å²) in [7, 11) is 0. The number of hydrogen-bond acceptors (Lipinski definition) is 2. The lowest BCUT2D eigenvalue weighted by Crippen LogP contribution is -2.35. The number of hydrogen-bond donors (Lipinski definition) is 2. The minimum absolute atomic E-state index is 0.158. The SMILES string of the molecule is CC1CC1CNCC(=O)NCC1CC1. The quantitative estimate of drug-likeness (QED) is 0.658. The molecule has 2 rings (SSSR count). The first-order valence-electron chi connectivity index (χ1n) is 5.73. The summed E-state index contributed by atoms with van der Waals surface area (Å²) in [5.74, 6) is 2.64. The summed E-state index contributed by atoms with van der Waals surface area (Å²) < 4.78 is 0. The van der Waals surface area contributed by atoms with Crippen molar-refractivity contribution in [3.8, 4) is 0 Å². The van der Waals surface area contributed by atoms with Crippen molar-refractivity contribution in [2.45, 2.75) is 26.2 Å². The van der Waals surface area contributed by atoms with Gasteiger partial charge in [0.15, 0.2) is 0 Å². The average Bonchev–Trinajstić information content (AvgIpc) is 3.01. The van der Waals surface area contributed by atoms with E-state index in [1.165, 1.54) is 19.3 Å². The molecule has 0 aromatic rings. The first-order chi connectivity index (χ1) is 6.75. The molecule has 3 nitrogen and oxygen atoms in total. The maximum absolute atomic E-state index is 11.3. The molecule has 0 aromatic heterocycles. The van der Waals surface area contributed by atoms with Gasteiger partial charge < -0.3 is 10.6 Å². The van der Waals surface area contributed by atoms with E-state index in [1.807, 2.05) is 0 Å². The van der Waals surface area contributed by atoms with E-state index in [0.29, 0.717) is 6.54 Å². The summed E-state index contributed by atoms with van der Waals surface area (Å²) in [4.78, 5) is 11.3. The maximum Gasteiger partial charge on any atom is 0.233 e. The van der Waals surface area contributed by atoms with Crippen molar-refractivity contribution in [3.63, 3.8) is 0 Å². The van der Waals surface area contributed by atoms with E-state index in [1.54, 1.807) is 0 Å². The third-order valence-corrected chi connectivity index (χ3v) is 3.25. The summed E-state index contributed by atoms with van der Waals surface area (Å²) in [6.45, 7) is 4.66. The van der Waals surface area contributed by atoms with Crippen molar-refractivity contribution in [1.29, 1.82) is 0 Å². The Bertz CT molecular complexity index is 213. The van der Waals surface area contributed by atoms with Gasteiger partial charge in [0.1, 0.15) is 0 Å². The smallest absolute Gasteiger partial charge is 0.233 e. The summed E-state index contributed by atoms with van der Waals surface area (Å²) in [6.07, 6.45) is 3.93. The monoisotopic (exact) mass is 196 g/mol. The van der Waals surface area contributed by atoms with Gasteiger partial charge in [0.05, 0.1) is 6.54 Å². The number of rotatable bonds is 6. The molecule has 3 heteroatoms. The third-order valence-electron chi connectivity index (χ3n) is 3.25. The Kier molecular flexibility index (Phi) is 3.06. The van der Waals surface area contributed by atoms with Gasteiger partial charge in [0.25, 0.3) is 0 Å². The third kappa shape index (κ3) is 3.29. The zero-order valence-electron chi connectivity index (χ0n) is 8.88. The van der Waals surface area contributed by atoms with Crippen molar-refractivity contribution >= 4 is 5.91 Å². The van der Waals surface area contributed by atoms with Crippen LogP contribution in [0.2, 0.25) is 0 Å². The molecular formula is C11H20N2O. The van der Waals surface area contributed by atoms with E-state index in [2.05, 4.69) is 17.6 Å². The largest absolute Gasteiger partial charge is 0.355 e. The highest BCUT2D eigenvalue weighted by molar-refractivity contribution is 5.77. The van der Waals surface area contributed by atoms with E-state index in [0.717, 1.165) is 30.8 Å². The van der Waals surface area contributed by atoms with Crippen LogP contribution in [-0.2, 0) is 4.79 Å². The van der Waals surface area contributed by atoms with Crippen LogP contribution in [0.5, 0.6) is 0 Å². The van der Waals surface area contributed by atoms with Crippen LogP contribution in [0.4, 0.5) is 0 Å². The number of nitrogens with one attached hydrogen (secondary N) is 2. The highest BCUT2D eigenvalue weighted by Gasteiger charge is 2.31. The fraction of sp³-hybridized carbons (Fsp3) is 0.909. The lowest BCUT2D eigenvalue weighted by molar-refractivity contribution is -0.120. The molecule has 2 unspecified atom stereocenters. The lowest BCUT2D eigenvalue weighted by atomic mass is 10.3. The highest BCUT2D eigenvalue weighted by Crippen LogP contribution is 2.36. The molecule has 0 radical (unpaired) electrons. The molecule has 0 spiro atoms. The van der Waals surface area contributed by atoms with Crippen LogP contribution >= 0.6 is 0 Å². The van der Waals surface area contributed by atoms with E-state index in [-0.39, 0.29) is 5.91 Å². The molecule has 2 aliphatic rings. The van der Waals surface area contributed by atoms with Gasteiger partial charge in [-0.25, -0.2) is 0 Å². The molecule has 1 amide bonds. The maximum atomic E-state index is 11.3. The van der Waals surface area contributed by atoms with Crippen LogP contribution < -0.4 is 10.6 Å². The van der Waals surface area contributed by atoms with Crippen molar-refractivity contribution < 1.29 is 4.79 Å². The fourth-order valence-corrected chi connectivity index (χ4v) is 1.70. The molecule has 14 heavy (non-hydrogen) atoms. The zero-order chi connectivity index (χ0) is 9.97. The van der Waals surface area contributed by atoms with E-state index >= 15 is 0 Å². The molecule has 0 heterocycles. The van der Waals surface area contributed by atoms with Gasteiger partial charge in [-0.05, 0) is 43.6 Å². The molecule has 0 aromatic carbocycles. The molecule has 0 saturated heterocycles. The van der Waals surface area contributed by atoms with Gasteiger partial charge in [-0.2, -0.15) is 0 Å². The van der Waals surface area contributed by atoms with Crippen LogP contribution in [0.15, 0.2) is 0 Å². The Morgan fingerprint density at radius 3 is 2.64 bits per heavy atom. The molecule has 2 N–H and O–H groups in total. The Labute approximate surface area is 85.6 Å². The predicted molar refractivity (Wildman–Crippen MR) is 55.9 cm³/mol. The first-order valence-corrected chi connectivity index (χ1v) is 5.73. The molecule has 0 bridgehead atoms. The Balaban J connectivity index is 1.45. The number of carbonyl (C=O) groups excluding carboxylic acids is 1. The second-order valence-corrected chi connectivity index (χ2v) is 4.85. The fourth-order valence-electron chi connectivity index (χ4n) is 1.70. The standard InChI is InChI=1S/C11H20N2O/c1-8-4-10(8)6-12-7-11(14)13-5-9-2-3-9/h8-10,12H,2-7H2,1H3,(H,13,14). The highest BCUT2D eigenvalue weighted by atomic mass is 16.1. The number of carbonyl (C=O) groups is 1. The Hall–Kier alpha value is -0.570. The van der Waals surface area contributed by atoms with Crippen LogP contribution in [0, 0.1) is 17.8 Å². The van der Waals surface area contributed by atoms with E-state index in [4.69, 9.17) is 0 Å². The first kappa shape index (κ1) is 9.97. The predicted octanol–water partition coefficient (Wildman–Crippen LogP) is 0.758. The van der Waals surface area contributed by atoms with Gasteiger partial charge >= 0.3 is 0 Å². The lowest BCUT2D eigenvalue weighted by Gasteiger charge is -2.05. The molecule has 2 fully saturated rings. The Morgan fingerprint density at radius 1 is 1.36 bits per heavy atom. The second-order valence-electron chi connectivity index (χ2n) is 4.85. The van der Waals surface area contributed by atoms with Crippen LogP contribution in [0.3, 0.4) is 0 Å². The molecular weight excluding hydrogens is 176 g/mol. The topological polar surface area (TPSA) is 41.1 Å². The van der Waals surface area contributed by atoms with Crippen LogP contribution in [-0.4, -0.2) is 25.5 Å². The average molecular weight is 196 g/mol. The molecule has 2 saturated carbocycles. The normalized spacial score (nSPS) is 30.1. The van der Waals surface area contributed by atoms with Gasteiger partial charge in [0, 0.05) is 6.54 Å². The van der Waals surface area contributed by atoms with Crippen LogP contribution in [0.25, 0.3) is 0 Å². The summed E-state index contributed by atoms with van der Waals surface area (Å²) >= 11 is 0. The van der Waals surface area contributed by atoms with Gasteiger partial charge in [-0.15, -0.1) is 0 Å². The number of amides is 1. The summed E-state index contributed by atoms with van der Waals surface area (Å²) in [6, 6.07) is 0. The van der Waals surface area contributed by atoms with Crippen molar-refractivity contribution in [2.24, 2.45) is 17.8 Å². The zero-order valence-corrected chi connectivity index (χ0v) is 8.88. The summed E-state index contributed by atoms with van der Waals surface area (Å²) in [5.41, 5.74) is 0. The van der Waals surface area contributed by atoms with Crippen molar-refractivity contribution in [3.05, 3.63) is 0 Å². The molecule has 2 atom stereocenters. The van der Waals surface area contributed by atoms with Gasteiger partial charge in [-0.3, -0.25) is 4.79 Å².